The number of hydrogen-bond donors (Lipinski definition) is 0. The number of aromatic nitrogens is 1. The number of aryl methyl sites for hydroxylation is 2. The normalized spacial score (nSPS) is 13.4. The minimum atomic E-state index is 0.404. The molecule has 1 heterocycles. The minimum absolute atomic E-state index is 0.404. The molecule has 2 nitrogen and oxygen atoms in total. The fraction of sp³-hybridized carbons (Fsp3) is 0.267. The van der Waals surface area contributed by atoms with Gasteiger partial charge in [-0.1, -0.05) is 12.1 Å². The summed E-state index contributed by atoms with van der Waals surface area (Å²) < 4.78 is 5.78. The van der Waals surface area contributed by atoms with E-state index in [1.807, 2.05) is 24.3 Å². The summed E-state index contributed by atoms with van der Waals surface area (Å²) in [4.78, 5) is 4.33. The van der Waals surface area contributed by atoms with Gasteiger partial charge in [0.15, 0.2) is 0 Å². The van der Waals surface area contributed by atoms with Crippen LogP contribution in [0.1, 0.15) is 23.2 Å². The van der Waals surface area contributed by atoms with E-state index >= 15 is 0 Å². The van der Waals surface area contributed by atoms with E-state index in [0.29, 0.717) is 11.8 Å². The van der Waals surface area contributed by atoms with E-state index in [0.717, 1.165) is 17.9 Å². The van der Waals surface area contributed by atoms with Crippen LogP contribution in [-0.4, -0.2) is 4.98 Å². The first kappa shape index (κ1) is 11.5. The SMILES string of the molecule is ClCc1cccc(Oc2ccc3c(c2)CCC3)n1. The van der Waals surface area contributed by atoms with Crippen LogP contribution in [0.5, 0.6) is 11.6 Å². The molecule has 0 amide bonds. The maximum atomic E-state index is 5.78. The minimum Gasteiger partial charge on any atom is -0.439 e. The highest BCUT2D eigenvalue weighted by Crippen LogP contribution is 2.28. The summed E-state index contributed by atoms with van der Waals surface area (Å²) in [6.07, 6.45) is 3.59. The fourth-order valence-electron chi connectivity index (χ4n) is 2.32. The van der Waals surface area contributed by atoms with E-state index < -0.39 is 0 Å². The third-order valence-corrected chi connectivity index (χ3v) is 3.48. The summed E-state index contributed by atoms with van der Waals surface area (Å²) in [5.41, 5.74) is 3.68. The van der Waals surface area contributed by atoms with E-state index in [4.69, 9.17) is 16.3 Å². The van der Waals surface area contributed by atoms with E-state index in [9.17, 15) is 0 Å². The first-order valence-corrected chi connectivity index (χ1v) is 6.70. The van der Waals surface area contributed by atoms with Gasteiger partial charge in [-0.05, 0) is 48.6 Å². The summed E-state index contributed by atoms with van der Waals surface area (Å²) in [6, 6.07) is 11.9. The van der Waals surface area contributed by atoms with Crippen molar-refractivity contribution in [3.63, 3.8) is 0 Å². The quantitative estimate of drug-likeness (QED) is 0.774. The molecule has 0 aliphatic heterocycles. The first-order chi connectivity index (χ1) is 8.85. The van der Waals surface area contributed by atoms with Crippen LogP contribution in [0.4, 0.5) is 0 Å². The third kappa shape index (κ3) is 2.34. The van der Waals surface area contributed by atoms with E-state index in [-0.39, 0.29) is 0 Å². The Morgan fingerprint density at radius 1 is 1.11 bits per heavy atom. The molecule has 0 bridgehead atoms. The van der Waals surface area contributed by atoms with Crippen molar-refractivity contribution in [3.8, 4) is 11.6 Å². The second-order valence-electron chi connectivity index (χ2n) is 4.49. The summed E-state index contributed by atoms with van der Waals surface area (Å²) in [5.74, 6) is 1.86. The van der Waals surface area contributed by atoms with Crippen LogP contribution in [0.15, 0.2) is 36.4 Å². The highest BCUT2D eigenvalue weighted by Gasteiger charge is 2.11. The Morgan fingerprint density at radius 3 is 2.89 bits per heavy atom. The highest BCUT2D eigenvalue weighted by atomic mass is 35.5. The van der Waals surface area contributed by atoms with Crippen LogP contribution >= 0.6 is 11.6 Å². The number of pyridine rings is 1. The Kier molecular flexibility index (Phi) is 3.20. The third-order valence-electron chi connectivity index (χ3n) is 3.21. The van der Waals surface area contributed by atoms with Crippen LogP contribution < -0.4 is 4.74 Å². The largest absolute Gasteiger partial charge is 0.439 e. The molecule has 1 aromatic carbocycles. The molecule has 0 saturated carbocycles. The van der Waals surface area contributed by atoms with Gasteiger partial charge in [-0.15, -0.1) is 11.6 Å². The molecule has 92 valence electrons. The summed E-state index contributed by atoms with van der Waals surface area (Å²) in [7, 11) is 0. The lowest BCUT2D eigenvalue weighted by molar-refractivity contribution is 0.461. The van der Waals surface area contributed by atoms with Gasteiger partial charge in [0.05, 0.1) is 11.6 Å². The number of ether oxygens (including phenoxy) is 1. The van der Waals surface area contributed by atoms with Crippen molar-refractivity contribution in [1.29, 1.82) is 0 Å². The van der Waals surface area contributed by atoms with Gasteiger partial charge in [0.2, 0.25) is 5.88 Å². The number of fused-ring (bicyclic) bond motifs is 1. The van der Waals surface area contributed by atoms with Crippen molar-refractivity contribution in [2.24, 2.45) is 0 Å². The van der Waals surface area contributed by atoms with Gasteiger partial charge < -0.3 is 4.74 Å². The Hall–Kier alpha value is -1.54. The standard InChI is InChI=1S/C15H14ClNO/c16-10-13-5-2-6-15(17-13)18-14-8-7-11-3-1-4-12(11)9-14/h2,5-9H,1,3-4,10H2. The number of halogens is 1. The molecule has 0 radical (unpaired) electrons. The lowest BCUT2D eigenvalue weighted by atomic mass is 10.1. The maximum Gasteiger partial charge on any atom is 0.219 e. The molecule has 0 unspecified atom stereocenters. The molecule has 2 aromatic rings. The number of alkyl halides is 1. The van der Waals surface area contributed by atoms with Crippen LogP contribution in [0.3, 0.4) is 0 Å². The molecule has 0 atom stereocenters. The Bertz CT molecular complexity index is 568. The van der Waals surface area contributed by atoms with Gasteiger partial charge in [0.1, 0.15) is 5.75 Å². The zero-order chi connectivity index (χ0) is 12.4. The first-order valence-electron chi connectivity index (χ1n) is 6.17. The van der Waals surface area contributed by atoms with Gasteiger partial charge in [-0.3, -0.25) is 0 Å². The van der Waals surface area contributed by atoms with Gasteiger partial charge in [0.25, 0.3) is 0 Å². The monoisotopic (exact) mass is 259 g/mol. The molecular formula is C15H14ClNO. The summed E-state index contributed by atoms with van der Waals surface area (Å²) in [6.45, 7) is 0. The average molecular weight is 260 g/mol. The lowest BCUT2D eigenvalue weighted by Crippen LogP contribution is -1.92. The van der Waals surface area contributed by atoms with Crippen LogP contribution in [0, 0.1) is 0 Å². The van der Waals surface area contributed by atoms with Crippen LogP contribution in [0.25, 0.3) is 0 Å². The van der Waals surface area contributed by atoms with Gasteiger partial charge >= 0.3 is 0 Å². The zero-order valence-electron chi connectivity index (χ0n) is 10.0. The van der Waals surface area contributed by atoms with E-state index in [1.165, 1.54) is 24.0 Å². The van der Waals surface area contributed by atoms with Crippen molar-refractivity contribution >= 4 is 11.6 Å². The van der Waals surface area contributed by atoms with Crippen molar-refractivity contribution in [2.75, 3.05) is 0 Å². The Balaban J connectivity index is 1.83. The van der Waals surface area contributed by atoms with Crippen molar-refractivity contribution in [1.82, 2.24) is 4.98 Å². The van der Waals surface area contributed by atoms with Crippen molar-refractivity contribution < 1.29 is 4.74 Å². The molecule has 18 heavy (non-hydrogen) atoms. The Morgan fingerprint density at radius 2 is 2.00 bits per heavy atom. The van der Waals surface area contributed by atoms with Crippen LogP contribution in [-0.2, 0) is 18.7 Å². The average Bonchev–Trinajstić information content (AvgIpc) is 2.86. The molecule has 1 aliphatic rings. The van der Waals surface area contributed by atoms with Crippen LogP contribution in [0.2, 0.25) is 0 Å². The number of rotatable bonds is 3. The summed E-state index contributed by atoms with van der Waals surface area (Å²) >= 11 is 5.76. The maximum absolute atomic E-state index is 5.78. The van der Waals surface area contributed by atoms with E-state index in [1.54, 1.807) is 0 Å². The molecule has 3 rings (SSSR count). The summed E-state index contributed by atoms with van der Waals surface area (Å²) in [5, 5.41) is 0. The fourth-order valence-corrected chi connectivity index (χ4v) is 2.47. The lowest BCUT2D eigenvalue weighted by Gasteiger charge is -2.07. The van der Waals surface area contributed by atoms with Gasteiger partial charge in [0, 0.05) is 6.07 Å². The molecule has 1 aliphatic carbocycles. The van der Waals surface area contributed by atoms with E-state index in [2.05, 4.69) is 17.1 Å². The predicted octanol–water partition coefficient (Wildman–Crippen LogP) is 4.10. The number of nitrogens with zero attached hydrogens (tertiary/aromatic N) is 1. The number of hydrogen-bond acceptors (Lipinski definition) is 2. The highest BCUT2D eigenvalue weighted by molar-refractivity contribution is 6.16. The second kappa shape index (κ2) is 4.99. The Labute approximate surface area is 112 Å². The van der Waals surface area contributed by atoms with Crippen molar-refractivity contribution in [3.05, 3.63) is 53.2 Å². The molecule has 0 N–H and O–H groups in total. The van der Waals surface area contributed by atoms with Gasteiger partial charge in [-0.2, -0.15) is 0 Å². The topological polar surface area (TPSA) is 22.1 Å². The second-order valence-corrected chi connectivity index (χ2v) is 4.75. The van der Waals surface area contributed by atoms with Crippen molar-refractivity contribution in [2.45, 2.75) is 25.1 Å². The molecule has 0 saturated heterocycles. The molecule has 0 spiro atoms. The smallest absolute Gasteiger partial charge is 0.219 e. The molecule has 1 aromatic heterocycles. The molecular weight excluding hydrogens is 246 g/mol. The molecule has 0 fully saturated rings. The number of benzene rings is 1. The van der Waals surface area contributed by atoms with Gasteiger partial charge in [-0.25, -0.2) is 4.98 Å². The predicted molar refractivity (Wildman–Crippen MR) is 72.3 cm³/mol. The zero-order valence-corrected chi connectivity index (χ0v) is 10.8. The molecule has 3 heteroatoms.